The quantitative estimate of drug-likeness (QED) is 0.784. The molecule has 5 nitrogen and oxygen atoms in total. The van der Waals surface area contributed by atoms with Crippen LogP contribution in [-0.4, -0.2) is 11.1 Å². The van der Waals surface area contributed by atoms with Gasteiger partial charge in [-0.25, -0.2) is 0 Å². The summed E-state index contributed by atoms with van der Waals surface area (Å²) in [5, 5.41) is 6.32. The lowest BCUT2D eigenvalue weighted by molar-refractivity contribution is 0.0949. The molecule has 0 aliphatic heterocycles. The van der Waals surface area contributed by atoms with Gasteiger partial charge in [0.25, 0.3) is 5.91 Å². The second kappa shape index (κ2) is 4.69. The van der Waals surface area contributed by atoms with E-state index in [4.69, 9.17) is 10.3 Å². The molecule has 1 aromatic heterocycles. The number of nitrogens with one attached hydrogen (secondary N) is 1. The van der Waals surface area contributed by atoms with Crippen LogP contribution in [0.1, 0.15) is 21.7 Å². The van der Waals surface area contributed by atoms with Gasteiger partial charge in [-0.1, -0.05) is 23.4 Å². The Morgan fingerprint density at radius 1 is 1.47 bits per heavy atom. The molecule has 0 aliphatic carbocycles. The van der Waals surface area contributed by atoms with E-state index in [2.05, 4.69) is 10.5 Å². The number of nitrogens with zero attached hydrogens (tertiary/aromatic N) is 1. The molecule has 88 valence electrons. The fourth-order valence-electron chi connectivity index (χ4n) is 1.48. The van der Waals surface area contributed by atoms with Gasteiger partial charge in [0, 0.05) is 12.2 Å². The van der Waals surface area contributed by atoms with Gasteiger partial charge in [0.05, 0.1) is 6.20 Å². The number of carbonyl (C=O) groups is 1. The Balaban J connectivity index is 2.02. The molecule has 2 aromatic rings. The Morgan fingerprint density at radius 3 is 2.88 bits per heavy atom. The van der Waals surface area contributed by atoms with Crippen molar-refractivity contribution in [1.29, 1.82) is 0 Å². The maximum atomic E-state index is 11.8. The number of aromatic nitrogens is 1. The van der Waals surface area contributed by atoms with Gasteiger partial charge in [0.2, 0.25) is 0 Å². The summed E-state index contributed by atoms with van der Waals surface area (Å²) in [6.07, 6.45) is 1.40. The summed E-state index contributed by atoms with van der Waals surface area (Å²) >= 11 is 0. The second-order valence-electron chi connectivity index (χ2n) is 3.68. The van der Waals surface area contributed by atoms with Crippen molar-refractivity contribution in [3.8, 4) is 0 Å². The minimum atomic E-state index is -0.216. The zero-order chi connectivity index (χ0) is 12.3. The fraction of sp³-hybridized carbons (Fsp3) is 0.167. The molecule has 0 bridgehead atoms. The van der Waals surface area contributed by atoms with Gasteiger partial charge in [-0.05, 0) is 18.6 Å². The lowest BCUT2D eigenvalue weighted by Crippen LogP contribution is -2.23. The lowest BCUT2D eigenvalue weighted by atomic mass is 10.2. The van der Waals surface area contributed by atoms with E-state index in [0.717, 1.165) is 5.56 Å². The predicted molar refractivity (Wildman–Crippen MR) is 63.3 cm³/mol. The molecule has 0 fully saturated rings. The van der Waals surface area contributed by atoms with Crippen LogP contribution in [0.15, 0.2) is 35.0 Å². The van der Waals surface area contributed by atoms with Crippen LogP contribution < -0.4 is 11.1 Å². The van der Waals surface area contributed by atoms with Crippen molar-refractivity contribution in [3.05, 3.63) is 47.3 Å². The number of benzene rings is 1. The Kier molecular flexibility index (Phi) is 3.09. The summed E-state index contributed by atoms with van der Waals surface area (Å²) in [5.41, 5.74) is 7.76. The lowest BCUT2D eigenvalue weighted by Gasteiger charge is -2.06. The van der Waals surface area contributed by atoms with Crippen molar-refractivity contribution < 1.29 is 9.32 Å². The number of nitrogens with two attached hydrogens (primary N) is 1. The predicted octanol–water partition coefficient (Wildman–Crippen LogP) is 1.50. The number of para-hydroxylation sites is 1. The molecule has 1 amide bonds. The van der Waals surface area contributed by atoms with E-state index in [-0.39, 0.29) is 5.91 Å². The van der Waals surface area contributed by atoms with Crippen molar-refractivity contribution in [1.82, 2.24) is 10.5 Å². The zero-order valence-electron chi connectivity index (χ0n) is 9.43. The number of hydrogen-bond donors (Lipinski definition) is 2. The smallest absolute Gasteiger partial charge is 0.256 e. The van der Waals surface area contributed by atoms with Crippen LogP contribution in [0.2, 0.25) is 0 Å². The van der Waals surface area contributed by atoms with Crippen molar-refractivity contribution in [2.24, 2.45) is 0 Å². The molecular weight excluding hydrogens is 218 g/mol. The topological polar surface area (TPSA) is 81.2 Å². The molecule has 2 rings (SSSR count). The van der Waals surface area contributed by atoms with Crippen LogP contribution in [0.3, 0.4) is 0 Å². The largest absolute Gasteiger partial charge is 0.398 e. The summed E-state index contributed by atoms with van der Waals surface area (Å²) < 4.78 is 4.83. The molecule has 17 heavy (non-hydrogen) atoms. The highest BCUT2D eigenvalue weighted by atomic mass is 16.5. The van der Waals surface area contributed by atoms with Crippen LogP contribution >= 0.6 is 0 Å². The number of aryl methyl sites for hydroxylation is 1. The monoisotopic (exact) mass is 231 g/mol. The molecule has 0 unspecified atom stereocenters. The molecule has 1 aromatic carbocycles. The van der Waals surface area contributed by atoms with E-state index in [1.54, 1.807) is 13.0 Å². The Labute approximate surface area is 98.6 Å². The number of nitrogen functional groups attached to an aromatic ring is 1. The first-order valence-electron chi connectivity index (χ1n) is 5.21. The highest BCUT2D eigenvalue weighted by Crippen LogP contribution is 2.11. The van der Waals surface area contributed by atoms with E-state index in [1.165, 1.54) is 6.20 Å². The molecular formula is C12H13N3O2. The minimum absolute atomic E-state index is 0.216. The molecule has 0 saturated heterocycles. The van der Waals surface area contributed by atoms with Gasteiger partial charge < -0.3 is 15.6 Å². The number of anilines is 1. The number of carbonyl (C=O) groups excluding carboxylic acids is 1. The first kappa shape index (κ1) is 11.2. The van der Waals surface area contributed by atoms with Gasteiger partial charge in [0.15, 0.2) is 0 Å². The van der Waals surface area contributed by atoms with Crippen molar-refractivity contribution in [2.45, 2.75) is 13.5 Å². The number of hydrogen-bond acceptors (Lipinski definition) is 4. The van der Waals surface area contributed by atoms with Gasteiger partial charge >= 0.3 is 0 Å². The summed E-state index contributed by atoms with van der Waals surface area (Å²) in [5.74, 6) is 0.288. The second-order valence-corrected chi connectivity index (χ2v) is 3.68. The van der Waals surface area contributed by atoms with Crippen LogP contribution in [0.5, 0.6) is 0 Å². The van der Waals surface area contributed by atoms with Crippen LogP contribution in [-0.2, 0) is 6.54 Å². The zero-order valence-corrected chi connectivity index (χ0v) is 9.43. The number of rotatable bonds is 3. The van der Waals surface area contributed by atoms with E-state index in [9.17, 15) is 4.79 Å². The van der Waals surface area contributed by atoms with Crippen LogP contribution in [0.4, 0.5) is 5.69 Å². The maximum absolute atomic E-state index is 11.8. The van der Waals surface area contributed by atoms with Gasteiger partial charge in [-0.15, -0.1) is 0 Å². The average Bonchev–Trinajstić information content (AvgIpc) is 2.74. The first-order chi connectivity index (χ1) is 8.18. The SMILES string of the molecule is Cc1oncc1C(=O)NCc1ccccc1N. The molecule has 0 aliphatic rings. The van der Waals surface area contributed by atoms with E-state index in [1.807, 2.05) is 18.2 Å². The summed E-state index contributed by atoms with van der Waals surface area (Å²) in [4.78, 5) is 11.8. The number of amides is 1. The van der Waals surface area contributed by atoms with Crippen LogP contribution in [0, 0.1) is 6.92 Å². The Hall–Kier alpha value is -2.30. The van der Waals surface area contributed by atoms with Crippen LogP contribution in [0.25, 0.3) is 0 Å². The molecule has 3 N–H and O–H groups in total. The third-order valence-corrected chi connectivity index (χ3v) is 2.49. The highest BCUT2D eigenvalue weighted by molar-refractivity contribution is 5.94. The molecule has 5 heteroatoms. The molecule has 1 heterocycles. The molecule has 0 saturated carbocycles. The van der Waals surface area contributed by atoms with Crippen molar-refractivity contribution in [2.75, 3.05) is 5.73 Å². The van der Waals surface area contributed by atoms with Gasteiger partial charge in [0.1, 0.15) is 11.3 Å². The third-order valence-electron chi connectivity index (χ3n) is 2.49. The van der Waals surface area contributed by atoms with E-state index < -0.39 is 0 Å². The van der Waals surface area contributed by atoms with Gasteiger partial charge in [-0.3, -0.25) is 4.79 Å². The third kappa shape index (κ3) is 2.44. The molecule has 0 spiro atoms. The minimum Gasteiger partial charge on any atom is -0.398 e. The van der Waals surface area contributed by atoms with Crippen molar-refractivity contribution >= 4 is 11.6 Å². The Bertz CT molecular complexity index is 534. The van der Waals surface area contributed by atoms with E-state index in [0.29, 0.717) is 23.6 Å². The molecule has 0 atom stereocenters. The molecule has 0 radical (unpaired) electrons. The summed E-state index contributed by atoms with van der Waals surface area (Å²) in [6, 6.07) is 7.40. The fourth-order valence-corrected chi connectivity index (χ4v) is 1.48. The average molecular weight is 231 g/mol. The summed E-state index contributed by atoms with van der Waals surface area (Å²) in [6.45, 7) is 2.08. The summed E-state index contributed by atoms with van der Waals surface area (Å²) in [7, 11) is 0. The first-order valence-corrected chi connectivity index (χ1v) is 5.21. The van der Waals surface area contributed by atoms with E-state index >= 15 is 0 Å². The maximum Gasteiger partial charge on any atom is 0.256 e. The normalized spacial score (nSPS) is 10.2. The van der Waals surface area contributed by atoms with Gasteiger partial charge in [-0.2, -0.15) is 0 Å². The highest BCUT2D eigenvalue weighted by Gasteiger charge is 2.12. The standard InChI is InChI=1S/C12H13N3O2/c1-8-10(7-15-17-8)12(16)14-6-9-4-2-3-5-11(9)13/h2-5,7H,6,13H2,1H3,(H,14,16). The van der Waals surface area contributed by atoms with Crippen molar-refractivity contribution in [3.63, 3.8) is 0 Å². The Morgan fingerprint density at radius 2 is 2.24 bits per heavy atom.